The van der Waals surface area contributed by atoms with Gasteiger partial charge in [-0.15, -0.1) is 36.0 Å². The molecule has 0 saturated heterocycles. The average Bonchev–Trinajstić information content (AvgIpc) is 3.18. The molecule has 0 atom stereocenters. The van der Waals surface area contributed by atoms with Crippen molar-refractivity contribution in [3.05, 3.63) is 119 Å². The first-order valence-corrected chi connectivity index (χ1v) is 17.3. The first-order chi connectivity index (χ1) is 24.8. The van der Waals surface area contributed by atoms with Gasteiger partial charge < -0.3 is 30.9 Å². The number of carbonyl (C=O) groups is 3. The fourth-order valence-electron chi connectivity index (χ4n) is 3.67. The monoisotopic (exact) mass is 892 g/mol. The van der Waals surface area contributed by atoms with E-state index in [1.54, 1.807) is 84.9 Å². The van der Waals surface area contributed by atoms with Gasteiger partial charge in [-0.25, -0.2) is 0 Å². The van der Waals surface area contributed by atoms with E-state index in [0.717, 1.165) is 24.3 Å². The number of terminal acetylenes is 2. The Morgan fingerprint density at radius 1 is 0.685 bits per heavy atom. The van der Waals surface area contributed by atoms with Crippen LogP contribution in [-0.2, 0) is 9.68 Å². The van der Waals surface area contributed by atoms with Gasteiger partial charge in [0.05, 0.1) is 18.5 Å². The van der Waals surface area contributed by atoms with Crippen LogP contribution in [0.25, 0.3) is 0 Å². The van der Waals surface area contributed by atoms with E-state index in [2.05, 4.69) is 32.7 Å². The van der Waals surface area contributed by atoms with Crippen LogP contribution in [0.1, 0.15) is 53.5 Å². The van der Waals surface area contributed by atoms with E-state index in [-0.39, 0.29) is 142 Å². The van der Waals surface area contributed by atoms with Crippen molar-refractivity contribution in [1.29, 1.82) is 0 Å². The topological polar surface area (TPSA) is 131 Å². The van der Waals surface area contributed by atoms with Gasteiger partial charge in [-0.3, -0.25) is 14.4 Å². The number of hydrogen-bond acceptors (Lipinski definition) is 9. The Balaban J connectivity index is -0.000000374. The largest absolute Gasteiger partial charge is 1.00 e. The molecule has 0 spiro atoms. The molecule has 0 saturated carbocycles. The van der Waals surface area contributed by atoms with Gasteiger partial charge in [-0.2, -0.15) is 0 Å². The van der Waals surface area contributed by atoms with Crippen LogP contribution in [0.4, 0.5) is 0 Å². The van der Waals surface area contributed by atoms with E-state index >= 15 is 0 Å². The zero-order valence-corrected chi connectivity index (χ0v) is 38.8. The molecular formula is C40H41BrCl2K2O9. The second-order valence-corrected chi connectivity index (χ2v) is 10.9. The van der Waals surface area contributed by atoms with Crippen LogP contribution in [-0.4, -0.2) is 60.1 Å². The summed E-state index contributed by atoms with van der Waals surface area (Å²) in [7, 11) is 0. The molecule has 278 valence electrons. The summed E-state index contributed by atoms with van der Waals surface area (Å²) in [5.41, 5.74) is 2.32. The first-order valence-electron chi connectivity index (χ1n) is 15.1. The minimum atomic E-state index is -0.181. The maximum Gasteiger partial charge on any atom is 1.00 e. The predicted molar refractivity (Wildman–Crippen MR) is 208 cm³/mol. The Morgan fingerprint density at radius 3 is 1.24 bits per heavy atom. The van der Waals surface area contributed by atoms with Gasteiger partial charge in [0.15, 0.2) is 11.6 Å². The Kier molecular flexibility index (Phi) is 38.7. The van der Waals surface area contributed by atoms with Crippen LogP contribution in [0.2, 0.25) is 0 Å². The van der Waals surface area contributed by atoms with Crippen LogP contribution in [0.15, 0.2) is 97.1 Å². The van der Waals surface area contributed by atoms with Gasteiger partial charge in [-0.1, -0.05) is 35.2 Å². The molecule has 1 N–H and O–H groups in total. The van der Waals surface area contributed by atoms with Crippen molar-refractivity contribution in [2.75, 3.05) is 36.9 Å². The number of ketones is 2. The molecule has 4 aromatic rings. The zero-order chi connectivity index (χ0) is 37.7. The van der Waals surface area contributed by atoms with E-state index in [4.69, 9.17) is 60.3 Å². The van der Waals surface area contributed by atoms with Crippen molar-refractivity contribution in [3.63, 3.8) is 0 Å². The van der Waals surface area contributed by atoms with Crippen molar-refractivity contribution in [2.45, 2.75) is 20.3 Å². The molecule has 4 rings (SSSR count). The Morgan fingerprint density at radius 2 is 0.981 bits per heavy atom. The number of rotatable bonds is 15. The van der Waals surface area contributed by atoms with Crippen LogP contribution < -0.4 is 122 Å². The summed E-state index contributed by atoms with van der Waals surface area (Å²) in [5, 5.41) is 18.3. The van der Waals surface area contributed by atoms with Crippen molar-refractivity contribution >= 4 is 57.2 Å². The molecule has 0 aliphatic heterocycles. The van der Waals surface area contributed by atoms with Gasteiger partial charge in [0.2, 0.25) is 0 Å². The second kappa shape index (κ2) is 36.9. The summed E-state index contributed by atoms with van der Waals surface area (Å²) in [6.45, 7) is 1.16. The quantitative estimate of drug-likeness (QED) is 0.0278. The maximum absolute atomic E-state index is 12.4. The van der Waals surface area contributed by atoms with Gasteiger partial charge in [0.25, 0.3) is 6.47 Å². The smallest absolute Gasteiger partial charge is 1.00 e. The molecule has 0 heterocycles. The molecule has 0 bridgehead atoms. The minimum absolute atomic E-state index is 0. The molecule has 0 amide bonds. The fraction of sp³-hybridized carbons (Fsp3) is 0.225. The molecule has 4 aromatic carbocycles. The molecule has 54 heavy (non-hydrogen) atoms. The molecule has 14 heteroatoms. The van der Waals surface area contributed by atoms with Crippen LogP contribution in [0, 0.1) is 24.7 Å². The van der Waals surface area contributed by atoms with Crippen molar-refractivity contribution in [3.8, 4) is 47.7 Å². The molecule has 0 aliphatic rings. The number of alkyl halides is 3. The van der Waals surface area contributed by atoms with Crippen molar-refractivity contribution in [2.24, 2.45) is 0 Å². The third kappa shape index (κ3) is 24.7. The number of phenols is 1. The number of hydrogen-bond donors (Lipinski definition) is 1. The molecule has 9 nitrogen and oxygen atoms in total. The fourth-order valence-corrected chi connectivity index (χ4v) is 3.89. The second-order valence-electron chi connectivity index (χ2n) is 9.58. The molecular weight excluding hydrogens is 853 g/mol. The van der Waals surface area contributed by atoms with Gasteiger partial charge in [0, 0.05) is 34.0 Å². The van der Waals surface area contributed by atoms with E-state index in [9.17, 15) is 14.7 Å². The Labute approximate surface area is 423 Å². The van der Waals surface area contributed by atoms with E-state index in [1.807, 2.05) is 0 Å². The van der Waals surface area contributed by atoms with Gasteiger partial charge in [0.1, 0.15) is 29.6 Å². The van der Waals surface area contributed by atoms with Crippen LogP contribution in [0.3, 0.4) is 0 Å². The predicted octanol–water partition coefficient (Wildman–Crippen LogP) is 1.77. The van der Waals surface area contributed by atoms with Crippen molar-refractivity contribution < 1.29 is 148 Å². The van der Waals surface area contributed by atoms with E-state index in [1.165, 1.54) is 12.1 Å². The molecule has 0 fully saturated rings. The standard InChI is InChI=1S/C19H17ClO3.C16H15ClO3.C3H3Br.CH2O3.CH4.2K.H/c1-2-13-22-17-8-4-15(5-9-17)19(21)16-6-10-18(11-7-16)23-14-3-12-20;17-10-1-11-20-15-8-4-13(5-9-15)16(19)12-2-6-14(18)7-3-12;1-2-3-4;2-1-4-3;;;;/h1,4-11H,3,12-14H2;2-9,18H,1,10-11H2;1H,3H2;1,3H;1H4;;;/q;;;;;2*+1;-1/p-1. The summed E-state index contributed by atoms with van der Waals surface area (Å²) in [6, 6.07) is 27.2. The molecule has 0 aromatic heterocycles. The number of ether oxygens (including phenoxy) is 3. The summed E-state index contributed by atoms with van der Waals surface area (Å²) in [6.07, 6.45) is 11.4. The Hall–Kier alpha value is -1.70. The number of phenolic OH excluding ortho intramolecular Hbond substituents is 1. The van der Waals surface area contributed by atoms with Crippen molar-refractivity contribution in [1.82, 2.24) is 0 Å². The number of benzene rings is 4. The molecule has 0 radical (unpaired) electrons. The van der Waals surface area contributed by atoms with E-state index in [0.29, 0.717) is 58.3 Å². The van der Waals surface area contributed by atoms with E-state index < -0.39 is 0 Å². The number of halogens is 3. The maximum atomic E-state index is 12.4. The Bertz CT molecular complexity index is 1670. The first kappa shape index (κ1) is 56.6. The third-order valence-corrected chi connectivity index (χ3v) is 6.87. The zero-order valence-electron chi connectivity index (χ0n) is 30.5. The van der Waals surface area contributed by atoms with Gasteiger partial charge in [-0.05, 0) is 110 Å². The molecule has 0 aliphatic carbocycles. The average molecular weight is 895 g/mol. The number of aromatic hydroxyl groups is 1. The van der Waals surface area contributed by atoms with Crippen LogP contribution >= 0.6 is 39.1 Å². The molecule has 0 unspecified atom stereocenters. The third-order valence-electron chi connectivity index (χ3n) is 6.01. The summed E-state index contributed by atoms with van der Waals surface area (Å²) >= 11 is 14.2. The van der Waals surface area contributed by atoms with Crippen LogP contribution in [0.5, 0.6) is 23.0 Å². The summed E-state index contributed by atoms with van der Waals surface area (Å²) < 4.78 is 16.3. The van der Waals surface area contributed by atoms with Gasteiger partial charge >= 0.3 is 103 Å². The minimum Gasteiger partial charge on any atom is -1.00 e. The summed E-state index contributed by atoms with van der Waals surface area (Å²) in [5.74, 6) is 7.97. The summed E-state index contributed by atoms with van der Waals surface area (Å²) in [4.78, 5) is 35.9. The SMILES string of the molecule is C.C#CCBr.C#CCOc1ccc(C(=O)c2ccc(OCCCCl)cc2)cc1.O=C(c1ccc(O)cc1)c1ccc(OCCCCl)cc1.O=CO[O-].[H-].[K+].[K+]. The number of carbonyl (C=O) groups excluding carboxylic acids is 3. The normalized spacial score (nSPS) is 8.78.